The number of hydrogen-bond acceptors (Lipinski definition) is 2. The number of aliphatic hydroxyl groups is 1. The molecule has 0 saturated heterocycles. The molecule has 0 fully saturated rings. The van der Waals surface area contributed by atoms with E-state index < -0.39 is 0 Å². The lowest BCUT2D eigenvalue weighted by atomic mass is 10.2. The predicted molar refractivity (Wildman–Crippen MR) is 58.1 cm³/mol. The molecule has 2 rings (SSSR count). The average molecular weight is 190 g/mol. The van der Waals surface area contributed by atoms with Gasteiger partial charge in [0.2, 0.25) is 0 Å². The van der Waals surface area contributed by atoms with Crippen LogP contribution in [0.4, 0.5) is 5.69 Å². The minimum atomic E-state index is 0.215. The van der Waals surface area contributed by atoms with E-state index >= 15 is 0 Å². The van der Waals surface area contributed by atoms with Crippen LogP contribution in [0.3, 0.4) is 0 Å². The molecule has 0 aliphatic heterocycles. The van der Waals surface area contributed by atoms with E-state index in [1.807, 2.05) is 30.5 Å². The number of anilines is 1. The van der Waals surface area contributed by atoms with Gasteiger partial charge in [-0.3, -0.25) is 0 Å². The largest absolute Gasteiger partial charge is 0.397 e. The minimum Gasteiger partial charge on any atom is -0.397 e. The Morgan fingerprint density at radius 1 is 1.29 bits per heavy atom. The monoisotopic (exact) mass is 190 g/mol. The molecule has 0 radical (unpaired) electrons. The van der Waals surface area contributed by atoms with Gasteiger partial charge in [-0.1, -0.05) is 12.1 Å². The second-order valence-electron chi connectivity index (χ2n) is 3.37. The topological polar surface area (TPSA) is 51.2 Å². The summed E-state index contributed by atoms with van der Waals surface area (Å²) >= 11 is 0. The zero-order valence-electron chi connectivity index (χ0n) is 7.98. The van der Waals surface area contributed by atoms with Crippen molar-refractivity contribution in [2.45, 2.75) is 13.0 Å². The fourth-order valence-corrected chi connectivity index (χ4v) is 1.72. The van der Waals surface area contributed by atoms with Crippen LogP contribution in [0.25, 0.3) is 10.9 Å². The Kier molecular flexibility index (Phi) is 2.41. The highest BCUT2D eigenvalue weighted by atomic mass is 16.3. The van der Waals surface area contributed by atoms with Crippen LogP contribution in [0.15, 0.2) is 30.5 Å². The summed E-state index contributed by atoms with van der Waals surface area (Å²) in [5.41, 5.74) is 7.76. The maximum atomic E-state index is 8.76. The number of aromatic nitrogens is 1. The smallest absolute Gasteiger partial charge is 0.0713 e. The summed E-state index contributed by atoms with van der Waals surface area (Å²) < 4.78 is 2.08. The fourth-order valence-electron chi connectivity index (χ4n) is 1.72. The van der Waals surface area contributed by atoms with Crippen molar-refractivity contribution < 1.29 is 5.11 Å². The van der Waals surface area contributed by atoms with Crippen molar-refractivity contribution in [2.24, 2.45) is 0 Å². The fraction of sp³-hybridized carbons (Fsp3) is 0.273. The van der Waals surface area contributed by atoms with Crippen molar-refractivity contribution in [1.29, 1.82) is 0 Å². The Morgan fingerprint density at radius 2 is 2.14 bits per heavy atom. The number of nitrogens with two attached hydrogens (primary N) is 1. The molecule has 1 aromatic heterocycles. The van der Waals surface area contributed by atoms with E-state index in [0.717, 1.165) is 29.6 Å². The van der Waals surface area contributed by atoms with Crippen molar-refractivity contribution in [3.05, 3.63) is 30.5 Å². The second kappa shape index (κ2) is 3.72. The van der Waals surface area contributed by atoms with Gasteiger partial charge in [-0.2, -0.15) is 0 Å². The Hall–Kier alpha value is -1.48. The quantitative estimate of drug-likeness (QED) is 0.722. The standard InChI is InChI=1S/C11H14N2O/c12-10-4-1-3-9-5-7-13(11(9)10)6-2-8-14/h1,3-5,7,14H,2,6,8,12H2. The van der Waals surface area contributed by atoms with Crippen LogP contribution >= 0.6 is 0 Å². The van der Waals surface area contributed by atoms with Crippen molar-refractivity contribution >= 4 is 16.6 Å². The number of nitrogens with zero attached hydrogens (tertiary/aromatic N) is 1. The number of fused-ring (bicyclic) bond motifs is 1. The van der Waals surface area contributed by atoms with E-state index in [1.54, 1.807) is 0 Å². The third-order valence-corrected chi connectivity index (χ3v) is 2.38. The van der Waals surface area contributed by atoms with Crippen molar-refractivity contribution in [3.8, 4) is 0 Å². The van der Waals surface area contributed by atoms with Gasteiger partial charge in [0.25, 0.3) is 0 Å². The van der Waals surface area contributed by atoms with E-state index in [-0.39, 0.29) is 6.61 Å². The van der Waals surface area contributed by atoms with Gasteiger partial charge in [0.05, 0.1) is 11.2 Å². The van der Waals surface area contributed by atoms with E-state index in [4.69, 9.17) is 10.8 Å². The lowest BCUT2D eigenvalue weighted by Crippen LogP contribution is -2.00. The molecule has 3 heteroatoms. The second-order valence-corrected chi connectivity index (χ2v) is 3.37. The highest BCUT2D eigenvalue weighted by Crippen LogP contribution is 2.22. The summed E-state index contributed by atoms with van der Waals surface area (Å²) in [5, 5.41) is 9.92. The van der Waals surface area contributed by atoms with Gasteiger partial charge in [-0.25, -0.2) is 0 Å². The van der Waals surface area contributed by atoms with Crippen LogP contribution < -0.4 is 5.73 Å². The summed E-state index contributed by atoms with van der Waals surface area (Å²) in [7, 11) is 0. The molecule has 2 aromatic rings. The first kappa shape index (κ1) is 9.09. The van der Waals surface area contributed by atoms with E-state index in [2.05, 4.69) is 4.57 Å². The Bertz CT molecular complexity index is 434. The molecule has 0 amide bonds. The molecule has 3 N–H and O–H groups in total. The first-order chi connectivity index (χ1) is 6.83. The molecule has 0 atom stereocenters. The lowest BCUT2D eigenvalue weighted by molar-refractivity contribution is 0.280. The van der Waals surface area contributed by atoms with E-state index in [0.29, 0.717) is 0 Å². The summed E-state index contributed by atoms with van der Waals surface area (Å²) in [4.78, 5) is 0. The average Bonchev–Trinajstić information content (AvgIpc) is 2.59. The number of hydrogen-bond donors (Lipinski definition) is 2. The molecule has 1 aromatic carbocycles. The number of aryl methyl sites for hydroxylation is 1. The normalized spacial score (nSPS) is 10.9. The zero-order chi connectivity index (χ0) is 9.97. The molecule has 1 heterocycles. The van der Waals surface area contributed by atoms with Gasteiger partial charge in [0, 0.05) is 24.7 Å². The molecule has 0 saturated carbocycles. The molecule has 3 nitrogen and oxygen atoms in total. The van der Waals surface area contributed by atoms with Crippen molar-refractivity contribution in [1.82, 2.24) is 4.57 Å². The molecule has 0 unspecified atom stereocenters. The molecular formula is C11H14N2O. The van der Waals surface area contributed by atoms with Crippen LogP contribution in [-0.4, -0.2) is 16.3 Å². The first-order valence-electron chi connectivity index (χ1n) is 4.77. The maximum Gasteiger partial charge on any atom is 0.0713 e. The summed E-state index contributed by atoms with van der Waals surface area (Å²) in [6.45, 7) is 1.03. The third kappa shape index (κ3) is 1.46. The molecule has 0 aliphatic rings. The number of nitrogen functional groups attached to an aromatic ring is 1. The van der Waals surface area contributed by atoms with E-state index in [1.165, 1.54) is 0 Å². The highest BCUT2D eigenvalue weighted by Gasteiger charge is 2.02. The summed E-state index contributed by atoms with van der Waals surface area (Å²) in [6.07, 6.45) is 2.77. The highest BCUT2D eigenvalue weighted by molar-refractivity contribution is 5.90. The molecule has 0 aliphatic carbocycles. The molecule has 0 spiro atoms. The number of aliphatic hydroxyl groups excluding tert-OH is 1. The molecule has 0 bridgehead atoms. The van der Waals surface area contributed by atoms with Crippen LogP contribution in [0, 0.1) is 0 Å². The Labute approximate surface area is 82.8 Å². The Morgan fingerprint density at radius 3 is 2.93 bits per heavy atom. The van der Waals surface area contributed by atoms with Crippen LogP contribution in [0.1, 0.15) is 6.42 Å². The summed E-state index contributed by atoms with van der Waals surface area (Å²) in [5.74, 6) is 0. The summed E-state index contributed by atoms with van der Waals surface area (Å²) in [6, 6.07) is 7.94. The van der Waals surface area contributed by atoms with Gasteiger partial charge >= 0.3 is 0 Å². The van der Waals surface area contributed by atoms with Crippen LogP contribution in [0.5, 0.6) is 0 Å². The Balaban J connectivity index is 2.45. The minimum absolute atomic E-state index is 0.215. The van der Waals surface area contributed by atoms with Gasteiger partial charge in [0.15, 0.2) is 0 Å². The maximum absolute atomic E-state index is 8.76. The zero-order valence-corrected chi connectivity index (χ0v) is 7.98. The van der Waals surface area contributed by atoms with Crippen molar-refractivity contribution in [3.63, 3.8) is 0 Å². The van der Waals surface area contributed by atoms with E-state index in [9.17, 15) is 0 Å². The SMILES string of the molecule is Nc1cccc2ccn(CCCO)c12. The number of benzene rings is 1. The van der Waals surface area contributed by atoms with Crippen LogP contribution in [0.2, 0.25) is 0 Å². The predicted octanol–water partition coefficient (Wildman–Crippen LogP) is 1.61. The number of rotatable bonds is 3. The van der Waals surface area contributed by atoms with Gasteiger partial charge in [-0.05, 0) is 18.6 Å². The van der Waals surface area contributed by atoms with Crippen LogP contribution in [-0.2, 0) is 6.54 Å². The molecule has 14 heavy (non-hydrogen) atoms. The lowest BCUT2D eigenvalue weighted by Gasteiger charge is -2.05. The van der Waals surface area contributed by atoms with Gasteiger partial charge in [-0.15, -0.1) is 0 Å². The van der Waals surface area contributed by atoms with Gasteiger partial charge in [0.1, 0.15) is 0 Å². The van der Waals surface area contributed by atoms with Crippen molar-refractivity contribution in [2.75, 3.05) is 12.3 Å². The first-order valence-corrected chi connectivity index (χ1v) is 4.77. The number of para-hydroxylation sites is 1. The van der Waals surface area contributed by atoms with Gasteiger partial charge < -0.3 is 15.4 Å². The molecular weight excluding hydrogens is 176 g/mol. The third-order valence-electron chi connectivity index (χ3n) is 2.38. The molecule has 74 valence electrons.